The lowest BCUT2D eigenvalue weighted by Gasteiger charge is -2.38. The van der Waals surface area contributed by atoms with Crippen LogP contribution < -0.4 is 0 Å². The molecule has 2 aromatic rings. The summed E-state index contributed by atoms with van der Waals surface area (Å²) in [7, 11) is 2.20. The van der Waals surface area contributed by atoms with Crippen molar-refractivity contribution in [3.63, 3.8) is 0 Å². The smallest absolute Gasteiger partial charge is 0.416 e. The monoisotopic (exact) mass is 498 g/mol. The third-order valence-corrected chi connectivity index (χ3v) is 7.13. The Labute approximate surface area is 196 Å². The second kappa shape index (κ2) is 8.13. The summed E-state index contributed by atoms with van der Waals surface area (Å²) in [6.07, 6.45) is -8.02. The van der Waals surface area contributed by atoms with Crippen LogP contribution in [-0.2, 0) is 36.8 Å². The molecule has 0 radical (unpaired) electrons. The molecule has 1 unspecified atom stereocenters. The number of hydrogen-bond donors (Lipinski definition) is 0. The number of allylic oxidation sites excluding steroid dienone is 1. The second-order valence-electron chi connectivity index (χ2n) is 8.65. The van der Waals surface area contributed by atoms with Crippen LogP contribution in [-0.4, -0.2) is 26.2 Å². The molecule has 2 fully saturated rings. The lowest BCUT2D eigenvalue weighted by atomic mass is 9.65. The van der Waals surface area contributed by atoms with Gasteiger partial charge in [-0.2, -0.15) is 26.3 Å². The number of hydrogen-bond acceptors (Lipinski definition) is 4. The molecular weight excluding hydrogens is 478 g/mol. The predicted molar refractivity (Wildman–Crippen MR) is 111 cm³/mol. The molecule has 2 saturated carbocycles. The first-order valence-electron chi connectivity index (χ1n) is 10.6. The predicted octanol–water partition coefficient (Wildman–Crippen LogP) is 5.84. The summed E-state index contributed by atoms with van der Waals surface area (Å²) in [5, 5.41) is 0. The molecule has 2 aromatic carbocycles. The van der Waals surface area contributed by atoms with Crippen molar-refractivity contribution in [2.45, 2.75) is 37.0 Å². The van der Waals surface area contributed by atoms with E-state index in [4.69, 9.17) is 9.47 Å². The van der Waals surface area contributed by atoms with E-state index in [-0.39, 0.29) is 5.57 Å². The minimum absolute atomic E-state index is 0.290. The van der Waals surface area contributed by atoms with E-state index in [1.165, 1.54) is 24.3 Å². The summed E-state index contributed by atoms with van der Waals surface area (Å²) in [5.41, 5.74) is -2.58. The van der Waals surface area contributed by atoms with Crippen molar-refractivity contribution in [3.8, 4) is 0 Å². The zero-order valence-electron chi connectivity index (χ0n) is 18.6. The number of alkyl halides is 6. The number of benzene rings is 2. The second-order valence-corrected chi connectivity index (χ2v) is 8.65. The Hall–Kier alpha value is -3.30. The van der Waals surface area contributed by atoms with E-state index < -0.39 is 46.2 Å². The number of carbonyl (C=O) groups is 2. The first-order chi connectivity index (χ1) is 16.3. The van der Waals surface area contributed by atoms with Gasteiger partial charge in [-0.05, 0) is 60.2 Å². The van der Waals surface area contributed by atoms with Gasteiger partial charge in [0.05, 0.1) is 25.3 Å². The van der Waals surface area contributed by atoms with Crippen LogP contribution in [0.4, 0.5) is 26.3 Å². The Morgan fingerprint density at radius 1 is 0.743 bits per heavy atom. The van der Waals surface area contributed by atoms with Gasteiger partial charge in [0.2, 0.25) is 0 Å². The van der Waals surface area contributed by atoms with Gasteiger partial charge in [0.1, 0.15) is 5.57 Å². The number of rotatable bonds is 4. The van der Waals surface area contributed by atoms with Crippen LogP contribution in [0.2, 0.25) is 0 Å². The van der Waals surface area contributed by atoms with Gasteiger partial charge in [-0.25, -0.2) is 9.59 Å². The Bertz CT molecular complexity index is 1120. The summed E-state index contributed by atoms with van der Waals surface area (Å²) >= 11 is 0. The van der Waals surface area contributed by atoms with Gasteiger partial charge in [-0.1, -0.05) is 24.3 Å². The fraction of sp³-hybridized carbons (Fsp3) is 0.360. The van der Waals surface area contributed by atoms with E-state index in [9.17, 15) is 35.9 Å². The zero-order chi connectivity index (χ0) is 25.8. The van der Waals surface area contributed by atoms with Crippen LogP contribution in [0.5, 0.6) is 0 Å². The van der Waals surface area contributed by atoms with Crippen molar-refractivity contribution in [2.75, 3.05) is 14.2 Å². The molecule has 0 amide bonds. The molecule has 0 saturated heterocycles. The van der Waals surface area contributed by atoms with Crippen LogP contribution in [0.15, 0.2) is 59.7 Å². The zero-order valence-corrected chi connectivity index (χ0v) is 18.6. The van der Waals surface area contributed by atoms with Gasteiger partial charge in [0, 0.05) is 10.8 Å². The summed E-state index contributed by atoms with van der Waals surface area (Å²) in [5.74, 6) is -1.82. The Morgan fingerprint density at radius 3 is 1.43 bits per heavy atom. The fourth-order valence-electron chi connectivity index (χ4n) is 5.34. The molecule has 0 bridgehead atoms. The molecule has 186 valence electrons. The lowest BCUT2D eigenvalue weighted by Crippen LogP contribution is -2.33. The van der Waals surface area contributed by atoms with Crippen LogP contribution in [0.25, 0.3) is 0 Å². The van der Waals surface area contributed by atoms with Crippen LogP contribution in [0, 0.1) is 5.41 Å². The van der Waals surface area contributed by atoms with Gasteiger partial charge in [0.15, 0.2) is 0 Å². The molecule has 0 N–H and O–H groups in total. The number of methoxy groups -OCH3 is 2. The molecule has 2 aliphatic rings. The van der Waals surface area contributed by atoms with E-state index in [2.05, 4.69) is 0 Å². The maximum absolute atomic E-state index is 13.1. The average Bonchev–Trinajstić information content (AvgIpc) is 3.54. The lowest BCUT2D eigenvalue weighted by molar-refractivity contribution is -0.144. The standard InChI is InChI=1S/C25H20F6O4/c1-34-20(32)19(21(33)35-2)18-11-12-22(18)13-23(22,14-3-7-16(8-4-14)24(26,27)28)15-5-9-17(10-6-15)25(29,30)31/h3-10H,11-13H2,1-2H3. The van der Waals surface area contributed by atoms with Crippen molar-refractivity contribution < 1.29 is 45.4 Å². The van der Waals surface area contributed by atoms with E-state index in [1.54, 1.807) is 0 Å². The number of carbonyl (C=O) groups excluding carboxylic acids is 2. The van der Waals surface area contributed by atoms with E-state index >= 15 is 0 Å². The van der Waals surface area contributed by atoms with E-state index in [0.29, 0.717) is 36.0 Å². The molecule has 0 aromatic heterocycles. The molecule has 0 heterocycles. The van der Waals surface area contributed by atoms with Gasteiger partial charge >= 0.3 is 24.3 Å². The van der Waals surface area contributed by atoms with Gasteiger partial charge < -0.3 is 9.47 Å². The molecule has 35 heavy (non-hydrogen) atoms. The van der Waals surface area contributed by atoms with Crippen molar-refractivity contribution in [3.05, 3.63) is 81.9 Å². The third-order valence-electron chi connectivity index (χ3n) is 7.13. The normalized spacial score (nSPS) is 20.7. The molecule has 4 rings (SSSR count). The van der Waals surface area contributed by atoms with Crippen LogP contribution in [0.3, 0.4) is 0 Å². The first-order valence-corrected chi connectivity index (χ1v) is 10.6. The molecule has 2 aliphatic carbocycles. The maximum atomic E-state index is 13.1. The summed E-state index contributed by atoms with van der Waals surface area (Å²) in [6.45, 7) is 0. The van der Waals surface area contributed by atoms with Crippen molar-refractivity contribution >= 4 is 11.9 Å². The highest BCUT2D eigenvalue weighted by Gasteiger charge is 2.74. The number of halogens is 6. The highest BCUT2D eigenvalue weighted by atomic mass is 19.4. The highest BCUT2D eigenvalue weighted by Crippen LogP contribution is 2.79. The minimum atomic E-state index is -4.56. The quantitative estimate of drug-likeness (QED) is 0.175. The largest absolute Gasteiger partial charge is 0.465 e. The fourth-order valence-corrected chi connectivity index (χ4v) is 5.34. The Morgan fingerprint density at radius 2 is 1.14 bits per heavy atom. The molecule has 1 spiro atoms. The van der Waals surface area contributed by atoms with Gasteiger partial charge in [0.25, 0.3) is 0 Å². The summed E-state index contributed by atoms with van der Waals surface area (Å²) < 4.78 is 88.4. The highest BCUT2D eigenvalue weighted by molar-refractivity contribution is 6.15. The molecule has 10 heteroatoms. The Kier molecular flexibility index (Phi) is 5.77. The van der Waals surface area contributed by atoms with E-state index in [0.717, 1.165) is 38.5 Å². The van der Waals surface area contributed by atoms with Crippen molar-refractivity contribution in [1.82, 2.24) is 0 Å². The van der Waals surface area contributed by atoms with Crippen molar-refractivity contribution in [2.24, 2.45) is 5.41 Å². The Balaban J connectivity index is 1.89. The van der Waals surface area contributed by atoms with E-state index in [1.807, 2.05) is 0 Å². The molecule has 1 atom stereocenters. The summed E-state index contributed by atoms with van der Waals surface area (Å²) in [6, 6.07) is 8.83. The maximum Gasteiger partial charge on any atom is 0.416 e. The van der Waals surface area contributed by atoms with Crippen LogP contribution in [0.1, 0.15) is 41.5 Å². The van der Waals surface area contributed by atoms with Gasteiger partial charge in [-0.3, -0.25) is 0 Å². The topological polar surface area (TPSA) is 52.6 Å². The van der Waals surface area contributed by atoms with Crippen LogP contribution >= 0.6 is 0 Å². The number of ether oxygens (including phenoxy) is 2. The number of esters is 2. The molecule has 0 aliphatic heterocycles. The molecular formula is C25H20F6O4. The summed E-state index contributed by atoms with van der Waals surface area (Å²) in [4.78, 5) is 24.9. The SMILES string of the molecule is COC(=O)C(C(=O)OC)=C1CCC12CC2(c1ccc(C(F)(F)F)cc1)c1ccc(C(F)(F)F)cc1. The average molecular weight is 498 g/mol. The van der Waals surface area contributed by atoms with Crippen molar-refractivity contribution in [1.29, 1.82) is 0 Å². The third kappa shape index (κ3) is 3.79. The first kappa shape index (κ1) is 24.8. The minimum Gasteiger partial charge on any atom is -0.465 e. The molecule has 4 nitrogen and oxygen atoms in total. The van der Waals surface area contributed by atoms with Gasteiger partial charge in [-0.15, -0.1) is 0 Å².